The van der Waals surface area contributed by atoms with Crippen LogP contribution >= 0.6 is 0 Å². The molecule has 0 saturated heterocycles. The third kappa shape index (κ3) is 4.43. The Morgan fingerprint density at radius 2 is 1.40 bits per heavy atom. The van der Waals surface area contributed by atoms with E-state index in [4.69, 9.17) is 0 Å². The van der Waals surface area contributed by atoms with Crippen molar-refractivity contribution in [3.05, 3.63) is 121 Å². The van der Waals surface area contributed by atoms with E-state index in [9.17, 15) is 26.0 Å². The first-order valence-electron chi connectivity index (χ1n) is 11.9. The monoisotopic (exact) mass is 562 g/mol. The third-order valence-electron chi connectivity index (χ3n) is 6.33. The summed E-state index contributed by atoms with van der Waals surface area (Å²) < 4.78 is 83.8. The van der Waals surface area contributed by atoms with Crippen LogP contribution < -0.4 is 0 Å². The van der Waals surface area contributed by atoms with Crippen molar-refractivity contribution in [2.75, 3.05) is 0 Å². The van der Waals surface area contributed by atoms with Crippen LogP contribution in [0.25, 0.3) is 39.4 Å². The summed E-state index contributed by atoms with van der Waals surface area (Å²) in [6, 6.07) is 24.4. The fourth-order valence-corrected chi connectivity index (χ4v) is 5.88. The maximum atomic E-state index is 13.9. The van der Waals surface area contributed by atoms with E-state index in [-0.39, 0.29) is 27.5 Å². The Morgan fingerprint density at radius 3 is 2.08 bits per heavy atom. The highest BCUT2D eigenvalue weighted by Gasteiger charge is 2.31. The van der Waals surface area contributed by atoms with Gasteiger partial charge in [-0.25, -0.2) is 26.4 Å². The van der Waals surface area contributed by atoms with Crippen LogP contribution in [0.3, 0.4) is 0 Å². The van der Waals surface area contributed by atoms with E-state index in [0.717, 1.165) is 40.4 Å². The molecule has 6 rings (SSSR count). The lowest BCUT2D eigenvalue weighted by Crippen LogP contribution is -2.14. The number of para-hydroxylation sites is 3. The van der Waals surface area contributed by atoms with Gasteiger partial charge in [-0.3, -0.25) is 0 Å². The predicted octanol–water partition coefficient (Wildman–Crippen LogP) is 6.95. The normalized spacial score (nSPS) is 12.2. The van der Waals surface area contributed by atoms with E-state index in [1.807, 2.05) is 6.07 Å². The minimum absolute atomic E-state index is 0.00241. The van der Waals surface area contributed by atoms with Crippen molar-refractivity contribution >= 4 is 21.1 Å². The molecular weight excluding hydrogens is 544 g/mol. The zero-order valence-electron chi connectivity index (χ0n) is 20.4. The van der Waals surface area contributed by atoms with E-state index in [1.54, 1.807) is 54.7 Å². The Labute approximate surface area is 225 Å². The minimum atomic E-state index is -4.53. The number of hydrogen-bond acceptors (Lipinski definition) is 4. The topological polar surface area (TPSA) is 69.8 Å². The van der Waals surface area contributed by atoms with Gasteiger partial charge < -0.3 is 0 Å². The quantitative estimate of drug-likeness (QED) is 0.213. The van der Waals surface area contributed by atoms with Gasteiger partial charge in [0.15, 0.2) is 5.82 Å². The summed E-state index contributed by atoms with van der Waals surface area (Å²) in [6.45, 7) is 0. The molecule has 0 aliphatic rings. The van der Waals surface area contributed by atoms with E-state index in [2.05, 4.69) is 10.1 Å². The number of alkyl halides is 3. The van der Waals surface area contributed by atoms with Crippen molar-refractivity contribution in [1.82, 2.24) is 18.7 Å². The molecule has 2 heterocycles. The molecule has 0 saturated carbocycles. The first-order valence-corrected chi connectivity index (χ1v) is 13.4. The largest absolute Gasteiger partial charge is 0.416 e. The summed E-state index contributed by atoms with van der Waals surface area (Å²) in [6.07, 6.45) is -2.94. The predicted molar refractivity (Wildman–Crippen MR) is 142 cm³/mol. The first-order chi connectivity index (χ1) is 19.1. The van der Waals surface area contributed by atoms with Gasteiger partial charge in [-0.2, -0.15) is 18.3 Å². The fourth-order valence-electron chi connectivity index (χ4n) is 4.41. The van der Waals surface area contributed by atoms with Crippen LogP contribution in [0, 0.1) is 5.82 Å². The van der Waals surface area contributed by atoms with E-state index >= 15 is 0 Å². The van der Waals surface area contributed by atoms with E-state index < -0.39 is 27.6 Å². The molecule has 0 bridgehead atoms. The number of aromatic nitrogens is 4. The van der Waals surface area contributed by atoms with Gasteiger partial charge in [0.2, 0.25) is 0 Å². The summed E-state index contributed by atoms with van der Waals surface area (Å²) in [4.78, 5) is 4.46. The summed E-state index contributed by atoms with van der Waals surface area (Å²) >= 11 is 0. The van der Waals surface area contributed by atoms with Crippen molar-refractivity contribution in [2.45, 2.75) is 11.1 Å². The standard InChI is InChI=1S/C29H18F4N4O2S/c30-21-14-16-23(17-15-21)40(38,39)37-26-9-5-4-8-25(26)34-28(37)24-18-36(22-6-2-1-3-7-22)35-27(24)19-10-12-20(13-11-19)29(31,32)33/h1-18H. The Kier molecular flexibility index (Phi) is 6.03. The minimum Gasteiger partial charge on any atom is -0.240 e. The smallest absolute Gasteiger partial charge is 0.240 e. The summed E-state index contributed by atoms with van der Waals surface area (Å²) in [5, 5.41) is 4.63. The lowest BCUT2D eigenvalue weighted by atomic mass is 10.1. The zero-order valence-corrected chi connectivity index (χ0v) is 21.2. The fraction of sp³-hybridized carbons (Fsp3) is 0.0345. The molecule has 4 aromatic carbocycles. The number of benzene rings is 4. The van der Waals surface area contributed by atoms with Gasteiger partial charge in [-0.05, 0) is 60.7 Å². The number of rotatable bonds is 5. The molecule has 0 amide bonds. The summed E-state index contributed by atoms with van der Waals surface area (Å²) in [5.41, 5.74) is 1.28. The zero-order chi connectivity index (χ0) is 28.1. The second-order valence-electron chi connectivity index (χ2n) is 8.89. The number of imidazole rings is 1. The Hall–Kier alpha value is -4.77. The molecule has 0 atom stereocenters. The van der Waals surface area contributed by atoms with Crippen molar-refractivity contribution in [2.24, 2.45) is 0 Å². The molecule has 0 N–H and O–H groups in total. The number of nitrogens with zero attached hydrogens (tertiary/aromatic N) is 4. The highest BCUT2D eigenvalue weighted by Crippen LogP contribution is 2.37. The summed E-state index contributed by atoms with van der Waals surface area (Å²) in [7, 11) is -4.30. The molecule has 40 heavy (non-hydrogen) atoms. The van der Waals surface area contributed by atoms with Gasteiger partial charge in [-0.1, -0.05) is 42.5 Å². The average Bonchev–Trinajstić information content (AvgIpc) is 3.56. The van der Waals surface area contributed by atoms with E-state index in [1.165, 1.54) is 16.8 Å². The highest BCUT2D eigenvalue weighted by molar-refractivity contribution is 7.90. The molecule has 2 aromatic heterocycles. The second kappa shape index (κ2) is 9.45. The van der Waals surface area contributed by atoms with Gasteiger partial charge in [0, 0.05) is 11.8 Å². The lowest BCUT2D eigenvalue weighted by Gasteiger charge is -2.11. The Bertz CT molecular complexity index is 1950. The van der Waals surface area contributed by atoms with Crippen molar-refractivity contribution in [1.29, 1.82) is 0 Å². The van der Waals surface area contributed by atoms with Crippen molar-refractivity contribution in [3.63, 3.8) is 0 Å². The van der Waals surface area contributed by atoms with E-state index in [0.29, 0.717) is 16.8 Å². The van der Waals surface area contributed by atoms with Crippen molar-refractivity contribution < 1.29 is 26.0 Å². The lowest BCUT2D eigenvalue weighted by molar-refractivity contribution is -0.137. The number of fused-ring (bicyclic) bond motifs is 1. The van der Waals surface area contributed by atoms with Gasteiger partial charge >= 0.3 is 6.18 Å². The summed E-state index contributed by atoms with van der Waals surface area (Å²) in [5.74, 6) is -0.592. The molecule has 200 valence electrons. The molecule has 0 radical (unpaired) electrons. The van der Waals surface area contributed by atoms with Crippen molar-refractivity contribution in [3.8, 4) is 28.3 Å². The van der Waals surface area contributed by atoms with Crippen LogP contribution in [-0.2, 0) is 16.2 Å². The molecule has 0 fully saturated rings. The molecule has 0 unspecified atom stereocenters. The Balaban J connectivity index is 1.63. The maximum absolute atomic E-state index is 13.9. The molecule has 6 nitrogen and oxygen atoms in total. The third-order valence-corrected chi connectivity index (χ3v) is 8.05. The SMILES string of the molecule is O=S(=O)(c1ccc(F)cc1)n1c(-c2cn(-c3ccccc3)nc2-c2ccc(C(F)(F)F)cc2)nc2ccccc21. The second-order valence-corrected chi connectivity index (χ2v) is 10.7. The highest BCUT2D eigenvalue weighted by atomic mass is 32.2. The van der Waals surface area contributed by atoms with Crippen LogP contribution in [0.15, 0.2) is 114 Å². The van der Waals surface area contributed by atoms with Crippen LogP contribution in [0.5, 0.6) is 0 Å². The Morgan fingerprint density at radius 1 is 0.750 bits per heavy atom. The van der Waals surface area contributed by atoms with Gasteiger partial charge in [-0.15, -0.1) is 0 Å². The van der Waals surface area contributed by atoms with Crippen LogP contribution in [0.2, 0.25) is 0 Å². The molecule has 6 aromatic rings. The number of hydrogen-bond donors (Lipinski definition) is 0. The van der Waals surface area contributed by atoms with Crippen LogP contribution in [0.4, 0.5) is 17.6 Å². The average molecular weight is 563 g/mol. The van der Waals surface area contributed by atoms with Gasteiger partial charge in [0.25, 0.3) is 10.0 Å². The molecule has 11 heteroatoms. The van der Waals surface area contributed by atoms with Gasteiger partial charge in [0.05, 0.1) is 32.7 Å². The van der Waals surface area contributed by atoms with Crippen LogP contribution in [0.1, 0.15) is 5.56 Å². The number of halogens is 4. The molecule has 0 spiro atoms. The molecule has 0 aliphatic heterocycles. The maximum Gasteiger partial charge on any atom is 0.416 e. The first kappa shape index (κ1) is 25.5. The van der Waals surface area contributed by atoms with Gasteiger partial charge in [0.1, 0.15) is 11.5 Å². The molecule has 0 aliphatic carbocycles. The van der Waals surface area contributed by atoms with Crippen LogP contribution in [-0.4, -0.2) is 27.2 Å². The molecular formula is C29H18F4N4O2S.